The lowest BCUT2D eigenvalue weighted by Gasteiger charge is -2.26. The highest BCUT2D eigenvalue weighted by Gasteiger charge is 2.17. The molecule has 1 aliphatic heterocycles. The molecule has 1 aliphatic rings. The number of carbonyl (C=O) groups is 1. The molecule has 5 nitrogen and oxygen atoms in total. The summed E-state index contributed by atoms with van der Waals surface area (Å²) in [5.41, 5.74) is 1.94. The Labute approximate surface area is 129 Å². The van der Waals surface area contributed by atoms with Crippen molar-refractivity contribution in [2.24, 2.45) is 0 Å². The molecule has 2 heterocycles. The SMILES string of the molecule is O=C(COc1ccc(-c2ccccc2)nc1)N1CCOCC1. The van der Waals surface area contributed by atoms with Gasteiger partial charge in [-0.15, -0.1) is 0 Å². The second-order valence-electron chi connectivity index (χ2n) is 5.03. The molecule has 0 aliphatic carbocycles. The summed E-state index contributed by atoms with van der Waals surface area (Å²) in [5, 5.41) is 0. The molecule has 114 valence electrons. The van der Waals surface area contributed by atoms with Crippen LogP contribution in [0.1, 0.15) is 0 Å². The van der Waals surface area contributed by atoms with Crippen LogP contribution in [0.2, 0.25) is 0 Å². The number of aromatic nitrogens is 1. The normalized spacial score (nSPS) is 14.6. The molecule has 1 aromatic heterocycles. The van der Waals surface area contributed by atoms with Gasteiger partial charge in [-0.05, 0) is 12.1 Å². The fourth-order valence-corrected chi connectivity index (χ4v) is 2.29. The standard InChI is InChI=1S/C17H18N2O3/c20-17(19-8-10-21-11-9-19)13-22-15-6-7-16(18-12-15)14-4-2-1-3-5-14/h1-7,12H,8-11,13H2. The van der Waals surface area contributed by atoms with Gasteiger partial charge in [0.1, 0.15) is 5.75 Å². The number of pyridine rings is 1. The number of carbonyl (C=O) groups excluding carboxylic acids is 1. The van der Waals surface area contributed by atoms with E-state index in [9.17, 15) is 4.79 Å². The lowest BCUT2D eigenvalue weighted by atomic mass is 10.1. The first-order valence-corrected chi connectivity index (χ1v) is 7.33. The second kappa shape index (κ2) is 7.04. The summed E-state index contributed by atoms with van der Waals surface area (Å²) in [6.07, 6.45) is 1.65. The van der Waals surface area contributed by atoms with Gasteiger partial charge in [-0.1, -0.05) is 30.3 Å². The number of ether oxygens (including phenoxy) is 2. The van der Waals surface area contributed by atoms with Crippen molar-refractivity contribution in [1.82, 2.24) is 9.88 Å². The Morgan fingerprint density at radius 1 is 1.14 bits per heavy atom. The highest BCUT2D eigenvalue weighted by molar-refractivity contribution is 5.77. The molecule has 1 aromatic carbocycles. The fourth-order valence-electron chi connectivity index (χ4n) is 2.29. The molecular weight excluding hydrogens is 280 g/mol. The molecule has 1 saturated heterocycles. The number of nitrogens with zero attached hydrogens (tertiary/aromatic N) is 2. The molecule has 0 radical (unpaired) electrons. The topological polar surface area (TPSA) is 51.7 Å². The minimum atomic E-state index is -0.0181. The first-order chi connectivity index (χ1) is 10.8. The van der Waals surface area contributed by atoms with Crippen LogP contribution in [0, 0.1) is 0 Å². The molecule has 0 unspecified atom stereocenters. The molecule has 22 heavy (non-hydrogen) atoms. The van der Waals surface area contributed by atoms with Gasteiger partial charge in [0.15, 0.2) is 6.61 Å². The van der Waals surface area contributed by atoms with Crippen molar-refractivity contribution in [1.29, 1.82) is 0 Å². The number of morpholine rings is 1. The Kier molecular flexibility index (Phi) is 4.65. The monoisotopic (exact) mass is 298 g/mol. The van der Waals surface area contributed by atoms with Crippen molar-refractivity contribution in [3.63, 3.8) is 0 Å². The second-order valence-corrected chi connectivity index (χ2v) is 5.03. The van der Waals surface area contributed by atoms with E-state index in [0.29, 0.717) is 32.1 Å². The Balaban J connectivity index is 1.56. The Morgan fingerprint density at radius 2 is 1.91 bits per heavy atom. The van der Waals surface area contributed by atoms with Crippen LogP contribution in [0.3, 0.4) is 0 Å². The summed E-state index contributed by atoms with van der Waals surface area (Å²) in [4.78, 5) is 18.1. The maximum atomic E-state index is 12.0. The van der Waals surface area contributed by atoms with E-state index in [1.165, 1.54) is 0 Å². The van der Waals surface area contributed by atoms with E-state index in [1.54, 1.807) is 11.1 Å². The van der Waals surface area contributed by atoms with Gasteiger partial charge in [-0.3, -0.25) is 9.78 Å². The number of amides is 1. The van der Waals surface area contributed by atoms with E-state index in [-0.39, 0.29) is 12.5 Å². The van der Waals surface area contributed by atoms with Crippen molar-refractivity contribution < 1.29 is 14.3 Å². The molecule has 2 aromatic rings. The highest BCUT2D eigenvalue weighted by atomic mass is 16.5. The zero-order valence-corrected chi connectivity index (χ0v) is 12.3. The van der Waals surface area contributed by atoms with E-state index < -0.39 is 0 Å². The molecule has 3 rings (SSSR count). The molecule has 0 saturated carbocycles. The van der Waals surface area contributed by atoms with Crippen molar-refractivity contribution in [2.75, 3.05) is 32.9 Å². The summed E-state index contributed by atoms with van der Waals surface area (Å²) in [5.74, 6) is 0.580. The molecule has 0 atom stereocenters. The van der Waals surface area contributed by atoms with Crippen molar-refractivity contribution in [3.8, 4) is 17.0 Å². The van der Waals surface area contributed by atoms with E-state index >= 15 is 0 Å². The minimum absolute atomic E-state index is 0.0181. The Bertz CT molecular complexity index is 608. The van der Waals surface area contributed by atoms with Crippen LogP contribution in [0.5, 0.6) is 5.75 Å². The summed E-state index contributed by atoms with van der Waals surface area (Å²) in [6, 6.07) is 13.7. The summed E-state index contributed by atoms with van der Waals surface area (Å²) >= 11 is 0. The van der Waals surface area contributed by atoms with Gasteiger partial charge in [0.2, 0.25) is 0 Å². The van der Waals surface area contributed by atoms with Gasteiger partial charge in [-0.25, -0.2) is 0 Å². The number of hydrogen-bond donors (Lipinski definition) is 0. The fraction of sp³-hybridized carbons (Fsp3) is 0.294. The quantitative estimate of drug-likeness (QED) is 0.866. The third-order valence-electron chi connectivity index (χ3n) is 3.53. The summed E-state index contributed by atoms with van der Waals surface area (Å²) < 4.78 is 10.7. The van der Waals surface area contributed by atoms with Gasteiger partial charge < -0.3 is 14.4 Å². The van der Waals surface area contributed by atoms with Crippen LogP contribution in [-0.2, 0) is 9.53 Å². The average molecular weight is 298 g/mol. The van der Waals surface area contributed by atoms with Gasteiger partial charge in [0, 0.05) is 18.7 Å². The minimum Gasteiger partial charge on any atom is -0.482 e. The van der Waals surface area contributed by atoms with E-state index in [0.717, 1.165) is 11.3 Å². The lowest BCUT2D eigenvalue weighted by molar-refractivity contribution is -0.137. The first-order valence-electron chi connectivity index (χ1n) is 7.33. The maximum Gasteiger partial charge on any atom is 0.260 e. The van der Waals surface area contributed by atoms with Gasteiger partial charge in [0.25, 0.3) is 5.91 Å². The van der Waals surface area contributed by atoms with Gasteiger partial charge in [-0.2, -0.15) is 0 Å². The number of rotatable bonds is 4. The molecule has 1 fully saturated rings. The average Bonchev–Trinajstić information content (AvgIpc) is 2.61. The van der Waals surface area contributed by atoms with Crippen LogP contribution in [0.15, 0.2) is 48.7 Å². The van der Waals surface area contributed by atoms with Crippen molar-refractivity contribution >= 4 is 5.91 Å². The van der Waals surface area contributed by atoms with E-state index in [2.05, 4.69) is 4.98 Å². The third-order valence-corrected chi connectivity index (χ3v) is 3.53. The maximum absolute atomic E-state index is 12.0. The predicted molar refractivity (Wildman–Crippen MR) is 82.6 cm³/mol. The summed E-state index contributed by atoms with van der Waals surface area (Å²) in [7, 11) is 0. The predicted octanol–water partition coefficient (Wildman–Crippen LogP) is 1.99. The zero-order chi connectivity index (χ0) is 15.2. The molecule has 0 bridgehead atoms. The van der Waals surface area contributed by atoms with Crippen LogP contribution >= 0.6 is 0 Å². The van der Waals surface area contributed by atoms with Crippen LogP contribution in [0.25, 0.3) is 11.3 Å². The lowest BCUT2D eigenvalue weighted by Crippen LogP contribution is -2.42. The Hall–Kier alpha value is -2.40. The molecule has 0 spiro atoms. The molecular formula is C17H18N2O3. The number of benzene rings is 1. The van der Waals surface area contributed by atoms with Crippen LogP contribution in [-0.4, -0.2) is 48.7 Å². The van der Waals surface area contributed by atoms with Crippen LogP contribution < -0.4 is 4.74 Å². The molecule has 5 heteroatoms. The Morgan fingerprint density at radius 3 is 2.59 bits per heavy atom. The van der Waals surface area contributed by atoms with Crippen molar-refractivity contribution in [3.05, 3.63) is 48.7 Å². The zero-order valence-electron chi connectivity index (χ0n) is 12.3. The number of hydrogen-bond acceptors (Lipinski definition) is 4. The van der Waals surface area contributed by atoms with Gasteiger partial charge >= 0.3 is 0 Å². The van der Waals surface area contributed by atoms with E-state index in [1.807, 2.05) is 42.5 Å². The largest absolute Gasteiger partial charge is 0.482 e. The summed E-state index contributed by atoms with van der Waals surface area (Å²) in [6.45, 7) is 2.49. The molecule has 0 N–H and O–H groups in total. The third kappa shape index (κ3) is 3.62. The first kappa shape index (κ1) is 14.5. The highest BCUT2D eigenvalue weighted by Crippen LogP contribution is 2.19. The van der Waals surface area contributed by atoms with Crippen LogP contribution in [0.4, 0.5) is 0 Å². The van der Waals surface area contributed by atoms with Crippen molar-refractivity contribution in [2.45, 2.75) is 0 Å². The van der Waals surface area contributed by atoms with Gasteiger partial charge in [0.05, 0.1) is 25.1 Å². The van der Waals surface area contributed by atoms with E-state index in [4.69, 9.17) is 9.47 Å². The molecule has 1 amide bonds. The smallest absolute Gasteiger partial charge is 0.260 e.